The van der Waals surface area contributed by atoms with Crippen LogP contribution in [-0.2, 0) is 6.54 Å². The lowest BCUT2D eigenvalue weighted by molar-refractivity contribution is 0.0787. The van der Waals surface area contributed by atoms with Gasteiger partial charge in [0.05, 0.1) is 29.5 Å². The summed E-state index contributed by atoms with van der Waals surface area (Å²) in [4.78, 5) is 30.7. The molecular formula is C18H26N6OS. The SMILES string of the molecule is Cc1ncsc1C(=O)N(C)Cc1cc(N(C)C)nc([C@H]2CCCCN2)n1. The van der Waals surface area contributed by atoms with Gasteiger partial charge >= 0.3 is 0 Å². The summed E-state index contributed by atoms with van der Waals surface area (Å²) in [6.45, 7) is 3.30. The van der Waals surface area contributed by atoms with Crippen molar-refractivity contribution in [3.63, 3.8) is 0 Å². The molecule has 1 aliphatic heterocycles. The number of hydrogen-bond acceptors (Lipinski definition) is 7. The molecule has 26 heavy (non-hydrogen) atoms. The maximum Gasteiger partial charge on any atom is 0.265 e. The van der Waals surface area contributed by atoms with Crippen LogP contribution in [-0.4, -0.2) is 53.4 Å². The maximum atomic E-state index is 12.7. The smallest absolute Gasteiger partial charge is 0.265 e. The number of aryl methyl sites for hydroxylation is 1. The number of aromatic nitrogens is 3. The number of thiazole rings is 1. The summed E-state index contributed by atoms with van der Waals surface area (Å²) in [6.07, 6.45) is 3.43. The van der Waals surface area contributed by atoms with E-state index in [0.29, 0.717) is 11.4 Å². The second-order valence-corrected chi connectivity index (χ2v) is 7.76. The van der Waals surface area contributed by atoms with Crippen LogP contribution in [0, 0.1) is 6.92 Å². The molecule has 140 valence electrons. The van der Waals surface area contributed by atoms with Gasteiger partial charge in [0.25, 0.3) is 5.91 Å². The van der Waals surface area contributed by atoms with Crippen LogP contribution in [0.1, 0.15) is 52.2 Å². The van der Waals surface area contributed by atoms with E-state index in [1.165, 1.54) is 24.2 Å². The van der Waals surface area contributed by atoms with Gasteiger partial charge in [-0.15, -0.1) is 11.3 Å². The standard InChI is InChI=1S/C18H26N6OS/c1-12-16(26-11-20-12)18(25)24(4)10-13-9-15(23(2)3)22-17(21-13)14-7-5-6-8-19-14/h9,11,14,19H,5-8,10H2,1-4H3/t14-/m1/s1. The third kappa shape index (κ3) is 4.19. The van der Waals surface area contributed by atoms with Gasteiger partial charge in [-0.1, -0.05) is 6.42 Å². The predicted molar refractivity (Wildman–Crippen MR) is 104 cm³/mol. The Morgan fingerprint density at radius 3 is 2.73 bits per heavy atom. The normalized spacial score (nSPS) is 17.2. The molecule has 0 saturated carbocycles. The fourth-order valence-electron chi connectivity index (χ4n) is 3.04. The summed E-state index contributed by atoms with van der Waals surface area (Å²) in [5, 5.41) is 3.50. The highest BCUT2D eigenvalue weighted by Crippen LogP contribution is 2.23. The number of anilines is 1. The summed E-state index contributed by atoms with van der Waals surface area (Å²) in [7, 11) is 5.75. The van der Waals surface area contributed by atoms with Crippen molar-refractivity contribution in [2.75, 3.05) is 32.6 Å². The number of carbonyl (C=O) groups is 1. The molecular weight excluding hydrogens is 348 g/mol. The number of nitrogens with one attached hydrogen (secondary N) is 1. The van der Waals surface area contributed by atoms with Crippen molar-refractivity contribution in [3.8, 4) is 0 Å². The molecule has 2 aromatic heterocycles. The van der Waals surface area contributed by atoms with Gasteiger partial charge in [0, 0.05) is 27.2 Å². The minimum Gasteiger partial charge on any atom is -0.363 e. The molecule has 1 fully saturated rings. The lowest BCUT2D eigenvalue weighted by atomic mass is 10.0. The molecule has 3 heterocycles. The molecule has 8 heteroatoms. The van der Waals surface area contributed by atoms with Crippen LogP contribution in [0.15, 0.2) is 11.6 Å². The number of piperidine rings is 1. The highest BCUT2D eigenvalue weighted by molar-refractivity contribution is 7.11. The minimum absolute atomic E-state index is 0.0210. The first-order valence-corrected chi connectivity index (χ1v) is 9.77. The second kappa shape index (κ2) is 8.09. The Balaban J connectivity index is 1.82. The molecule has 0 bridgehead atoms. The van der Waals surface area contributed by atoms with Crippen molar-refractivity contribution >= 4 is 23.1 Å². The molecule has 0 aliphatic carbocycles. The highest BCUT2D eigenvalue weighted by Gasteiger charge is 2.21. The van der Waals surface area contributed by atoms with Crippen LogP contribution >= 0.6 is 11.3 Å². The Bertz CT molecular complexity index is 769. The van der Waals surface area contributed by atoms with Crippen LogP contribution in [0.5, 0.6) is 0 Å². The average Bonchev–Trinajstić information content (AvgIpc) is 3.07. The molecule has 1 aliphatic rings. The zero-order valence-electron chi connectivity index (χ0n) is 15.8. The van der Waals surface area contributed by atoms with Crippen LogP contribution in [0.2, 0.25) is 0 Å². The Morgan fingerprint density at radius 1 is 1.31 bits per heavy atom. The summed E-state index contributed by atoms with van der Waals surface area (Å²) in [5.74, 6) is 1.67. The van der Waals surface area contributed by atoms with E-state index in [1.54, 1.807) is 17.5 Å². The Hall–Kier alpha value is -2.06. The molecule has 0 aromatic carbocycles. The third-order valence-corrected chi connectivity index (χ3v) is 5.47. The molecule has 7 nitrogen and oxygen atoms in total. The summed E-state index contributed by atoms with van der Waals surface area (Å²) >= 11 is 1.38. The molecule has 1 N–H and O–H groups in total. The molecule has 3 rings (SSSR count). The fraction of sp³-hybridized carbons (Fsp3) is 0.556. The van der Waals surface area contributed by atoms with Gasteiger partial charge in [0.2, 0.25) is 0 Å². The van der Waals surface area contributed by atoms with Crippen molar-refractivity contribution in [2.24, 2.45) is 0 Å². The van der Waals surface area contributed by atoms with Crippen LogP contribution in [0.4, 0.5) is 5.82 Å². The van der Waals surface area contributed by atoms with Gasteiger partial charge in [-0.25, -0.2) is 15.0 Å². The molecule has 1 atom stereocenters. The molecule has 0 radical (unpaired) electrons. The van der Waals surface area contributed by atoms with Crippen LogP contribution < -0.4 is 10.2 Å². The van der Waals surface area contributed by atoms with Gasteiger partial charge in [-0.05, 0) is 26.3 Å². The second-order valence-electron chi connectivity index (χ2n) is 6.90. The van der Waals surface area contributed by atoms with Gasteiger partial charge in [0.1, 0.15) is 16.5 Å². The molecule has 1 amide bonds. The van der Waals surface area contributed by atoms with E-state index in [2.05, 4.69) is 10.3 Å². The first kappa shape index (κ1) is 18.7. The monoisotopic (exact) mass is 374 g/mol. The van der Waals surface area contributed by atoms with Crippen molar-refractivity contribution < 1.29 is 4.79 Å². The van der Waals surface area contributed by atoms with E-state index < -0.39 is 0 Å². The molecule has 2 aromatic rings. The van der Waals surface area contributed by atoms with E-state index in [9.17, 15) is 4.79 Å². The van der Waals surface area contributed by atoms with Crippen LogP contribution in [0.25, 0.3) is 0 Å². The third-order valence-electron chi connectivity index (χ3n) is 4.55. The number of nitrogens with zero attached hydrogens (tertiary/aromatic N) is 5. The van der Waals surface area contributed by atoms with Crippen molar-refractivity contribution in [3.05, 3.63) is 33.7 Å². The van der Waals surface area contributed by atoms with E-state index >= 15 is 0 Å². The number of rotatable bonds is 5. The van der Waals surface area contributed by atoms with Gasteiger partial charge in [-0.2, -0.15) is 0 Å². The zero-order chi connectivity index (χ0) is 18.7. The first-order valence-electron chi connectivity index (χ1n) is 8.90. The van der Waals surface area contributed by atoms with Crippen LogP contribution in [0.3, 0.4) is 0 Å². The number of carbonyl (C=O) groups excluding carboxylic acids is 1. The largest absolute Gasteiger partial charge is 0.363 e. The van der Waals surface area contributed by atoms with Gasteiger partial charge < -0.3 is 15.1 Å². The van der Waals surface area contributed by atoms with Gasteiger partial charge in [0.15, 0.2) is 0 Å². The molecule has 0 unspecified atom stereocenters. The number of hydrogen-bond donors (Lipinski definition) is 1. The van der Waals surface area contributed by atoms with Gasteiger partial charge in [-0.3, -0.25) is 4.79 Å². The van der Waals surface area contributed by atoms with E-state index in [4.69, 9.17) is 9.97 Å². The fourth-order valence-corrected chi connectivity index (χ4v) is 3.83. The Labute approximate surface area is 158 Å². The minimum atomic E-state index is -0.0210. The zero-order valence-corrected chi connectivity index (χ0v) is 16.6. The van der Waals surface area contributed by atoms with Crippen molar-refractivity contribution in [2.45, 2.75) is 38.8 Å². The molecule has 1 saturated heterocycles. The Kier molecular flexibility index (Phi) is 5.83. The van der Waals surface area contributed by atoms with Crippen molar-refractivity contribution in [1.29, 1.82) is 0 Å². The summed E-state index contributed by atoms with van der Waals surface area (Å²) < 4.78 is 0. The van der Waals surface area contributed by atoms with E-state index in [-0.39, 0.29) is 11.9 Å². The quantitative estimate of drug-likeness (QED) is 0.866. The maximum absolute atomic E-state index is 12.7. The summed E-state index contributed by atoms with van der Waals surface area (Å²) in [6, 6.07) is 2.14. The average molecular weight is 375 g/mol. The number of amides is 1. The lowest BCUT2D eigenvalue weighted by Crippen LogP contribution is -2.30. The first-order chi connectivity index (χ1) is 12.5. The predicted octanol–water partition coefficient (Wildman–Crippen LogP) is 2.39. The summed E-state index contributed by atoms with van der Waals surface area (Å²) in [5.41, 5.74) is 3.33. The van der Waals surface area contributed by atoms with E-state index in [1.807, 2.05) is 32.0 Å². The van der Waals surface area contributed by atoms with Crippen molar-refractivity contribution in [1.82, 2.24) is 25.2 Å². The molecule has 0 spiro atoms. The topological polar surface area (TPSA) is 74.2 Å². The highest BCUT2D eigenvalue weighted by atomic mass is 32.1. The Morgan fingerprint density at radius 2 is 2.12 bits per heavy atom. The van der Waals surface area contributed by atoms with E-state index in [0.717, 1.165) is 36.0 Å². The lowest BCUT2D eigenvalue weighted by Gasteiger charge is -2.24.